The Kier molecular flexibility index (Phi) is 4.39. The van der Waals surface area contributed by atoms with Gasteiger partial charge in [-0.1, -0.05) is 12.1 Å². The molecule has 2 rings (SSSR count). The van der Waals surface area contributed by atoms with Crippen LogP contribution < -0.4 is 4.90 Å². The summed E-state index contributed by atoms with van der Waals surface area (Å²) in [6, 6.07) is 11.4. The molecule has 0 bridgehead atoms. The van der Waals surface area contributed by atoms with E-state index in [4.69, 9.17) is 5.11 Å². The number of rotatable bonds is 4. The number of anilines is 1. The Labute approximate surface area is 124 Å². The van der Waals surface area contributed by atoms with Crippen molar-refractivity contribution in [3.05, 3.63) is 63.9 Å². The maximum Gasteiger partial charge on any atom is 0.336 e. The zero-order valence-corrected chi connectivity index (χ0v) is 12.4. The summed E-state index contributed by atoms with van der Waals surface area (Å²) in [6.07, 6.45) is 0. The van der Waals surface area contributed by atoms with Gasteiger partial charge >= 0.3 is 5.97 Å². The van der Waals surface area contributed by atoms with Crippen molar-refractivity contribution >= 4 is 27.6 Å². The third-order valence-corrected chi connectivity index (χ3v) is 3.61. The first-order valence-corrected chi connectivity index (χ1v) is 6.75. The van der Waals surface area contributed by atoms with E-state index in [1.165, 1.54) is 12.1 Å². The van der Waals surface area contributed by atoms with Crippen molar-refractivity contribution in [2.45, 2.75) is 6.54 Å². The number of carboxylic acid groups (broad SMARTS) is 1. The van der Waals surface area contributed by atoms with Crippen molar-refractivity contribution in [2.24, 2.45) is 0 Å². The third-order valence-electron chi connectivity index (χ3n) is 2.96. The first-order chi connectivity index (χ1) is 9.47. The monoisotopic (exact) mass is 337 g/mol. The molecule has 0 saturated carbocycles. The molecule has 0 aliphatic rings. The fourth-order valence-corrected chi connectivity index (χ4v) is 2.41. The molecule has 0 spiro atoms. The number of carboxylic acids is 1. The fourth-order valence-electron chi connectivity index (χ4n) is 1.87. The van der Waals surface area contributed by atoms with Gasteiger partial charge in [0, 0.05) is 23.8 Å². The summed E-state index contributed by atoms with van der Waals surface area (Å²) in [5.41, 5.74) is 2.09. The fraction of sp³-hybridized carbons (Fsp3) is 0.133. The summed E-state index contributed by atoms with van der Waals surface area (Å²) < 4.78 is 13.4. The van der Waals surface area contributed by atoms with Crippen LogP contribution in [0.1, 0.15) is 15.9 Å². The molecule has 0 heterocycles. The number of hydrogen-bond donors (Lipinski definition) is 1. The van der Waals surface area contributed by atoms with E-state index < -0.39 is 5.97 Å². The van der Waals surface area contributed by atoms with E-state index in [0.717, 1.165) is 11.3 Å². The van der Waals surface area contributed by atoms with Gasteiger partial charge < -0.3 is 10.0 Å². The number of nitrogens with zero attached hydrogens (tertiary/aromatic N) is 1. The lowest BCUT2D eigenvalue weighted by molar-refractivity contribution is 0.0696. The van der Waals surface area contributed by atoms with Gasteiger partial charge in [0.1, 0.15) is 5.82 Å². The van der Waals surface area contributed by atoms with E-state index in [-0.39, 0.29) is 11.4 Å². The molecule has 0 aliphatic heterocycles. The number of halogens is 2. The predicted molar refractivity (Wildman–Crippen MR) is 79.6 cm³/mol. The molecule has 1 N–H and O–H groups in total. The van der Waals surface area contributed by atoms with Gasteiger partial charge in [-0.2, -0.15) is 0 Å². The van der Waals surface area contributed by atoms with Crippen molar-refractivity contribution in [3.8, 4) is 0 Å². The van der Waals surface area contributed by atoms with Crippen LogP contribution in [-0.4, -0.2) is 18.1 Å². The maximum absolute atomic E-state index is 12.8. The molecule has 2 aromatic rings. The Morgan fingerprint density at radius 3 is 2.45 bits per heavy atom. The van der Waals surface area contributed by atoms with Gasteiger partial charge in [-0.25, -0.2) is 9.18 Å². The van der Waals surface area contributed by atoms with Crippen molar-refractivity contribution in [1.29, 1.82) is 0 Å². The highest BCUT2D eigenvalue weighted by Gasteiger charge is 2.10. The second-order valence-electron chi connectivity index (χ2n) is 4.45. The second kappa shape index (κ2) is 6.05. The maximum atomic E-state index is 12.8. The highest BCUT2D eigenvalue weighted by atomic mass is 79.9. The van der Waals surface area contributed by atoms with Gasteiger partial charge in [-0.3, -0.25) is 0 Å². The standard InChI is InChI=1S/C15H13BrFNO2/c1-18(9-10-2-4-11(17)5-3-10)12-6-7-13(15(19)20)14(16)8-12/h2-8H,9H2,1H3,(H,19,20). The topological polar surface area (TPSA) is 40.5 Å². The highest BCUT2D eigenvalue weighted by Crippen LogP contribution is 2.24. The number of carbonyl (C=O) groups is 1. The van der Waals surface area contributed by atoms with Gasteiger partial charge in [0.25, 0.3) is 0 Å². The lowest BCUT2D eigenvalue weighted by Crippen LogP contribution is -2.16. The summed E-state index contributed by atoms with van der Waals surface area (Å²) in [6.45, 7) is 0.610. The van der Waals surface area contributed by atoms with Crippen LogP contribution >= 0.6 is 15.9 Å². The molecule has 3 nitrogen and oxygen atoms in total. The molecular weight excluding hydrogens is 325 g/mol. The van der Waals surface area contributed by atoms with Gasteiger partial charge in [-0.05, 0) is 51.8 Å². The Morgan fingerprint density at radius 2 is 1.90 bits per heavy atom. The normalized spacial score (nSPS) is 10.3. The van der Waals surface area contributed by atoms with Crippen LogP contribution in [0, 0.1) is 5.82 Å². The molecule has 2 aromatic carbocycles. The zero-order valence-electron chi connectivity index (χ0n) is 10.8. The van der Waals surface area contributed by atoms with Crippen LogP contribution in [0.4, 0.5) is 10.1 Å². The summed E-state index contributed by atoms with van der Waals surface area (Å²) >= 11 is 3.25. The molecule has 0 amide bonds. The predicted octanol–water partition coefficient (Wildman–Crippen LogP) is 3.92. The Morgan fingerprint density at radius 1 is 1.25 bits per heavy atom. The van der Waals surface area contributed by atoms with E-state index in [1.54, 1.807) is 30.3 Å². The van der Waals surface area contributed by atoms with E-state index in [0.29, 0.717) is 11.0 Å². The van der Waals surface area contributed by atoms with Crippen molar-refractivity contribution < 1.29 is 14.3 Å². The second-order valence-corrected chi connectivity index (χ2v) is 5.31. The zero-order chi connectivity index (χ0) is 14.7. The van der Waals surface area contributed by atoms with E-state index >= 15 is 0 Å². The molecule has 0 saturated heterocycles. The Balaban J connectivity index is 2.17. The minimum atomic E-state index is -0.968. The molecule has 0 atom stereocenters. The van der Waals surface area contributed by atoms with Gasteiger partial charge in [-0.15, -0.1) is 0 Å². The first kappa shape index (κ1) is 14.5. The van der Waals surface area contributed by atoms with Crippen LogP contribution in [0.5, 0.6) is 0 Å². The molecular formula is C15H13BrFNO2. The van der Waals surface area contributed by atoms with Crippen molar-refractivity contribution in [2.75, 3.05) is 11.9 Å². The highest BCUT2D eigenvalue weighted by molar-refractivity contribution is 9.10. The molecule has 20 heavy (non-hydrogen) atoms. The molecule has 0 aromatic heterocycles. The SMILES string of the molecule is CN(Cc1ccc(F)cc1)c1ccc(C(=O)O)c(Br)c1. The third kappa shape index (κ3) is 3.36. The largest absolute Gasteiger partial charge is 0.478 e. The van der Waals surface area contributed by atoms with E-state index in [2.05, 4.69) is 15.9 Å². The smallest absolute Gasteiger partial charge is 0.336 e. The molecule has 5 heteroatoms. The number of benzene rings is 2. The lowest BCUT2D eigenvalue weighted by Gasteiger charge is -2.20. The summed E-state index contributed by atoms with van der Waals surface area (Å²) in [5, 5.41) is 8.98. The van der Waals surface area contributed by atoms with Crippen LogP contribution in [-0.2, 0) is 6.54 Å². The van der Waals surface area contributed by atoms with Crippen molar-refractivity contribution in [1.82, 2.24) is 0 Å². The average molecular weight is 338 g/mol. The van der Waals surface area contributed by atoms with E-state index in [1.807, 2.05) is 11.9 Å². The van der Waals surface area contributed by atoms with Gasteiger partial charge in [0.05, 0.1) is 5.56 Å². The molecule has 104 valence electrons. The number of hydrogen-bond acceptors (Lipinski definition) is 2. The molecule has 0 radical (unpaired) electrons. The van der Waals surface area contributed by atoms with Gasteiger partial charge in [0.15, 0.2) is 0 Å². The first-order valence-electron chi connectivity index (χ1n) is 5.96. The quantitative estimate of drug-likeness (QED) is 0.919. The Bertz CT molecular complexity index is 628. The van der Waals surface area contributed by atoms with Crippen LogP contribution in [0.15, 0.2) is 46.9 Å². The van der Waals surface area contributed by atoms with Crippen molar-refractivity contribution in [3.63, 3.8) is 0 Å². The molecule has 0 fully saturated rings. The van der Waals surface area contributed by atoms with E-state index in [9.17, 15) is 9.18 Å². The van der Waals surface area contributed by atoms with Crippen LogP contribution in [0.3, 0.4) is 0 Å². The van der Waals surface area contributed by atoms with Gasteiger partial charge in [0.2, 0.25) is 0 Å². The summed E-state index contributed by atoms with van der Waals surface area (Å²) in [4.78, 5) is 12.9. The molecule has 0 aliphatic carbocycles. The summed E-state index contributed by atoms with van der Waals surface area (Å²) in [5.74, 6) is -1.23. The summed E-state index contributed by atoms with van der Waals surface area (Å²) in [7, 11) is 1.89. The lowest BCUT2D eigenvalue weighted by atomic mass is 10.1. The Hall–Kier alpha value is -1.88. The molecule has 0 unspecified atom stereocenters. The van der Waals surface area contributed by atoms with Crippen LogP contribution in [0.25, 0.3) is 0 Å². The average Bonchev–Trinajstić information content (AvgIpc) is 2.40. The minimum Gasteiger partial charge on any atom is -0.478 e. The minimum absolute atomic E-state index is 0.226. The number of aromatic carboxylic acids is 1. The van der Waals surface area contributed by atoms with Crippen LogP contribution in [0.2, 0.25) is 0 Å².